The van der Waals surface area contributed by atoms with Gasteiger partial charge in [-0.1, -0.05) is 12.1 Å². The van der Waals surface area contributed by atoms with Crippen LogP contribution in [-0.4, -0.2) is 43.5 Å². The van der Waals surface area contributed by atoms with Gasteiger partial charge in [-0.25, -0.2) is 4.79 Å². The van der Waals surface area contributed by atoms with Crippen molar-refractivity contribution in [3.63, 3.8) is 0 Å². The van der Waals surface area contributed by atoms with Gasteiger partial charge in [0.2, 0.25) is 5.91 Å². The standard InChI is InChI=1S/C15H15N3O5S/c1-7-10(6-8-2-4-9(5-3-8)18(22)23)24-14-11(16)13(19)17(14)12(7)15(20)21/h2-5,10-11,14H,6,16H2,1H3,(H,20,21)/t10?,11?,14-/m1/s1. The quantitative estimate of drug-likeness (QED) is 0.473. The second-order valence-electron chi connectivity index (χ2n) is 5.71. The molecule has 1 saturated heterocycles. The van der Waals surface area contributed by atoms with Crippen molar-refractivity contribution in [3.8, 4) is 0 Å². The number of nitrogens with two attached hydrogens (primary N) is 1. The summed E-state index contributed by atoms with van der Waals surface area (Å²) in [5.74, 6) is -1.52. The van der Waals surface area contributed by atoms with Crippen molar-refractivity contribution in [3.05, 3.63) is 51.2 Å². The molecule has 2 unspecified atom stereocenters. The van der Waals surface area contributed by atoms with Gasteiger partial charge in [0.15, 0.2) is 0 Å². The fraction of sp³-hybridized carbons (Fsp3) is 0.333. The molecule has 0 bridgehead atoms. The first-order valence-electron chi connectivity index (χ1n) is 7.22. The lowest BCUT2D eigenvalue weighted by molar-refractivity contribution is -0.384. The minimum Gasteiger partial charge on any atom is -0.477 e. The number of nitro benzene ring substituents is 1. The highest BCUT2D eigenvalue weighted by Gasteiger charge is 2.53. The highest BCUT2D eigenvalue weighted by molar-refractivity contribution is 8.00. The third-order valence-corrected chi connectivity index (χ3v) is 5.89. The number of rotatable bonds is 4. The van der Waals surface area contributed by atoms with Gasteiger partial charge in [-0.15, -0.1) is 11.8 Å². The second kappa shape index (κ2) is 5.91. The number of hydrogen-bond donors (Lipinski definition) is 2. The van der Waals surface area contributed by atoms with E-state index in [0.717, 1.165) is 5.56 Å². The highest BCUT2D eigenvalue weighted by atomic mass is 32.2. The van der Waals surface area contributed by atoms with Crippen molar-refractivity contribution in [2.75, 3.05) is 0 Å². The number of hydrogen-bond acceptors (Lipinski definition) is 6. The number of carboxylic acid groups (broad SMARTS) is 1. The van der Waals surface area contributed by atoms with E-state index in [4.69, 9.17) is 5.73 Å². The van der Waals surface area contributed by atoms with Crippen LogP contribution >= 0.6 is 11.8 Å². The number of carboxylic acids is 1. The van der Waals surface area contributed by atoms with Gasteiger partial charge in [-0.05, 0) is 24.5 Å². The summed E-state index contributed by atoms with van der Waals surface area (Å²) in [5.41, 5.74) is 7.25. The molecule has 3 rings (SSSR count). The zero-order valence-electron chi connectivity index (χ0n) is 12.7. The van der Waals surface area contributed by atoms with Crippen LogP contribution in [0, 0.1) is 10.1 Å². The normalized spacial score (nSPS) is 26.0. The lowest BCUT2D eigenvalue weighted by Crippen LogP contribution is -2.69. The summed E-state index contributed by atoms with van der Waals surface area (Å²) < 4.78 is 0. The van der Waals surface area contributed by atoms with Crippen LogP contribution in [0.3, 0.4) is 0 Å². The molecule has 1 amide bonds. The first kappa shape index (κ1) is 16.5. The number of fused-ring (bicyclic) bond motifs is 1. The summed E-state index contributed by atoms with van der Waals surface area (Å²) in [7, 11) is 0. The van der Waals surface area contributed by atoms with Gasteiger partial charge in [-0.2, -0.15) is 0 Å². The number of β-lactam (4-membered cyclic amide) rings is 1. The van der Waals surface area contributed by atoms with Crippen LogP contribution in [0.2, 0.25) is 0 Å². The molecule has 1 fully saturated rings. The van der Waals surface area contributed by atoms with Crippen molar-refractivity contribution in [1.29, 1.82) is 0 Å². The van der Waals surface area contributed by atoms with Gasteiger partial charge in [0.1, 0.15) is 17.1 Å². The Morgan fingerprint density at radius 1 is 1.42 bits per heavy atom. The Kier molecular flexibility index (Phi) is 4.06. The maximum Gasteiger partial charge on any atom is 0.352 e. The summed E-state index contributed by atoms with van der Waals surface area (Å²) in [6.07, 6.45) is 0.510. The minimum absolute atomic E-state index is 0.00244. The molecule has 3 atom stereocenters. The van der Waals surface area contributed by atoms with Crippen LogP contribution < -0.4 is 5.73 Å². The number of aliphatic carboxylic acids is 1. The van der Waals surface area contributed by atoms with E-state index < -0.39 is 16.9 Å². The number of carbonyl (C=O) groups is 2. The van der Waals surface area contributed by atoms with E-state index in [-0.39, 0.29) is 27.9 Å². The first-order chi connectivity index (χ1) is 11.3. The number of non-ortho nitro benzene ring substituents is 1. The maximum absolute atomic E-state index is 11.8. The fourth-order valence-electron chi connectivity index (χ4n) is 2.92. The van der Waals surface area contributed by atoms with E-state index >= 15 is 0 Å². The molecule has 2 aliphatic heterocycles. The van der Waals surface area contributed by atoms with Crippen LogP contribution in [0.25, 0.3) is 0 Å². The molecule has 0 radical (unpaired) electrons. The Morgan fingerprint density at radius 2 is 2.04 bits per heavy atom. The summed E-state index contributed by atoms with van der Waals surface area (Å²) in [5, 5.41) is 19.6. The van der Waals surface area contributed by atoms with Gasteiger partial charge in [0.25, 0.3) is 5.69 Å². The molecule has 2 aliphatic rings. The molecule has 0 aliphatic carbocycles. The average molecular weight is 349 g/mol. The number of thioether (sulfide) groups is 1. The Balaban J connectivity index is 1.87. The smallest absolute Gasteiger partial charge is 0.352 e. The highest BCUT2D eigenvalue weighted by Crippen LogP contribution is 2.44. The predicted molar refractivity (Wildman–Crippen MR) is 87.1 cm³/mol. The predicted octanol–water partition coefficient (Wildman–Crippen LogP) is 1.11. The summed E-state index contributed by atoms with van der Waals surface area (Å²) in [4.78, 5) is 34.9. The average Bonchev–Trinajstić information content (AvgIpc) is 2.55. The van der Waals surface area contributed by atoms with Crippen molar-refractivity contribution < 1.29 is 19.6 Å². The number of nitro groups is 1. The van der Waals surface area contributed by atoms with Crippen LogP contribution in [0.1, 0.15) is 12.5 Å². The largest absolute Gasteiger partial charge is 0.477 e. The van der Waals surface area contributed by atoms with Crippen LogP contribution in [0.5, 0.6) is 0 Å². The Morgan fingerprint density at radius 3 is 2.58 bits per heavy atom. The van der Waals surface area contributed by atoms with Crippen molar-refractivity contribution in [2.45, 2.75) is 30.0 Å². The molecule has 0 spiro atoms. The topological polar surface area (TPSA) is 127 Å². The SMILES string of the molecule is CC1=C(C(=O)O)N2C(=O)C(N)[C@H]2SC1Cc1ccc([N+](=O)[O-])cc1. The molecule has 3 N–H and O–H groups in total. The van der Waals surface area contributed by atoms with E-state index in [1.54, 1.807) is 19.1 Å². The lowest BCUT2D eigenvalue weighted by Gasteiger charge is -2.50. The third kappa shape index (κ3) is 2.55. The van der Waals surface area contributed by atoms with Crippen molar-refractivity contribution in [2.24, 2.45) is 5.73 Å². The van der Waals surface area contributed by atoms with Crippen LogP contribution in [0.4, 0.5) is 5.69 Å². The molecular formula is C15H15N3O5S. The molecule has 0 aromatic heterocycles. The molecule has 126 valence electrons. The van der Waals surface area contributed by atoms with Gasteiger partial charge in [-0.3, -0.25) is 19.8 Å². The second-order valence-corrected chi connectivity index (χ2v) is 7.04. The fourth-order valence-corrected chi connectivity index (χ4v) is 4.48. The molecule has 24 heavy (non-hydrogen) atoms. The molecule has 8 nitrogen and oxygen atoms in total. The van der Waals surface area contributed by atoms with E-state index in [1.807, 2.05) is 0 Å². The molecule has 9 heteroatoms. The lowest BCUT2D eigenvalue weighted by atomic mass is 9.98. The first-order valence-corrected chi connectivity index (χ1v) is 8.17. The Hall–Kier alpha value is -2.39. The van der Waals surface area contributed by atoms with Crippen LogP contribution in [-0.2, 0) is 16.0 Å². The van der Waals surface area contributed by atoms with Crippen LogP contribution in [0.15, 0.2) is 35.5 Å². The number of nitrogens with zero attached hydrogens (tertiary/aromatic N) is 2. The number of amides is 1. The van der Waals surface area contributed by atoms with Crippen molar-refractivity contribution in [1.82, 2.24) is 4.90 Å². The maximum atomic E-state index is 11.8. The minimum atomic E-state index is -1.15. The Bertz CT molecular complexity index is 761. The van der Waals surface area contributed by atoms with E-state index in [2.05, 4.69) is 0 Å². The Labute approximate surface area is 141 Å². The summed E-state index contributed by atoms with van der Waals surface area (Å²) >= 11 is 1.45. The molecule has 1 aromatic carbocycles. The van der Waals surface area contributed by atoms with Gasteiger partial charge in [0.05, 0.1) is 4.92 Å². The van der Waals surface area contributed by atoms with Gasteiger partial charge < -0.3 is 10.8 Å². The number of carbonyl (C=O) groups excluding carboxylic acids is 1. The van der Waals surface area contributed by atoms with Gasteiger partial charge >= 0.3 is 5.97 Å². The summed E-state index contributed by atoms with van der Waals surface area (Å²) in [6.45, 7) is 1.69. The molecular weight excluding hydrogens is 334 g/mol. The molecule has 2 heterocycles. The zero-order chi connectivity index (χ0) is 17.6. The number of benzene rings is 1. The van der Waals surface area contributed by atoms with E-state index in [0.29, 0.717) is 12.0 Å². The summed E-state index contributed by atoms with van der Waals surface area (Å²) in [6, 6.07) is 5.46. The van der Waals surface area contributed by atoms with E-state index in [1.165, 1.54) is 28.8 Å². The van der Waals surface area contributed by atoms with Crippen molar-refractivity contribution >= 4 is 29.3 Å². The third-order valence-electron chi connectivity index (χ3n) is 4.26. The van der Waals surface area contributed by atoms with E-state index in [9.17, 15) is 24.8 Å². The van der Waals surface area contributed by atoms with Gasteiger partial charge in [0, 0.05) is 17.4 Å². The monoisotopic (exact) mass is 349 g/mol. The molecule has 1 aromatic rings. The molecule has 0 saturated carbocycles. The zero-order valence-corrected chi connectivity index (χ0v) is 13.5.